The number of fused-ring (bicyclic) bond motifs is 1. The number of hydrogen-bond donors (Lipinski definition) is 4. The highest BCUT2D eigenvalue weighted by Crippen LogP contribution is 2.23. The zero-order valence-electron chi connectivity index (χ0n) is 16.2. The fraction of sp³-hybridized carbons (Fsp3) is 0.444. The van der Waals surface area contributed by atoms with E-state index in [1.807, 2.05) is 0 Å². The van der Waals surface area contributed by atoms with Gasteiger partial charge in [0.05, 0.1) is 12.8 Å². The number of carbonyl (C=O) groups is 2. The van der Waals surface area contributed by atoms with Crippen LogP contribution in [0.2, 0.25) is 0 Å². The van der Waals surface area contributed by atoms with Crippen LogP contribution in [0.5, 0.6) is 0 Å². The maximum absolute atomic E-state index is 9.64. The van der Waals surface area contributed by atoms with Crippen LogP contribution in [0.1, 0.15) is 24.0 Å². The monoisotopic (exact) mass is 413 g/mol. The summed E-state index contributed by atoms with van der Waals surface area (Å²) in [5.74, 6) is -1.41. The van der Waals surface area contributed by atoms with Crippen LogP contribution in [0.4, 0.5) is 0 Å². The third kappa shape index (κ3) is 9.72. The summed E-state index contributed by atoms with van der Waals surface area (Å²) in [5, 5.41) is 17.1. The summed E-state index contributed by atoms with van der Waals surface area (Å²) in [6.45, 7) is 1.05. The number of hydrogen-bond acceptors (Lipinski definition) is 7. The van der Waals surface area contributed by atoms with E-state index in [1.54, 1.807) is 7.05 Å². The van der Waals surface area contributed by atoms with Crippen molar-refractivity contribution < 1.29 is 29.1 Å². The van der Waals surface area contributed by atoms with Crippen molar-refractivity contribution in [2.75, 3.05) is 27.7 Å². The molecule has 4 N–H and O–H groups in total. The van der Waals surface area contributed by atoms with Gasteiger partial charge in [-0.15, -0.1) is 9.32 Å². The van der Waals surface area contributed by atoms with Crippen LogP contribution in [0.25, 0.3) is 10.9 Å². The van der Waals surface area contributed by atoms with Crippen molar-refractivity contribution in [2.24, 2.45) is 0 Å². The minimum absolute atomic E-state index is 0.296. The van der Waals surface area contributed by atoms with Crippen LogP contribution in [0.3, 0.4) is 0 Å². The molecule has 0 saturated carbocycles. The first-order valence-electron chi connectivity index (χ1n) is 8.62. The second kappa shape index (κ2) is 13.1. The predicted molar refractivity (Wildman–Crippen MR) is 108 cm³/mol. The first-order valence-corrected chi connectivity index (χ1v) is 9.53. The van der Waals surface area contributed by atoms with E-state index in [0.29, 0.717) is 0 Å². The lowest BCUT2D eigenvalue weighted by Gasteiger charge is -2.08. The van der Waals surface area contributed by atoms with Crippen molar-refractivity contribution in [2.45, 2.75) is 25.0 Å². The third-order valence-electron chi connectivity index (χ3n) is 3.60. The Morgan fingerprint density at radius 1 is 1.21 bits per heavy atom. The van der Waals surface area contributed by atoms with Crippen LogP contribution in [-0.2, 0) is 31.1 Å². The Balaban J connectivity index is 0.000000416. The standard InChI is InChI=1S/C14H21N3O2S.C4H6O4/c1-15-18-19-20-10-11-4-5-14-13(8-11)12(9-16-14)6-7-17(2)3;5-3(6)1-2-4(7)8/h4-5,8-9,15-16H,6-7,10H2,1-3H3;1-2H2,(H,5,6)(H,7,8). The van der Waals surface area contributed by atoms with Crippen molar-refractivity contribution >= 4 is 34.9 Å². The van der Waals surface area contributed by atoms with Crippen molar-refractivity contribution in [1.82, 2.24) is 15.4 Å². The molecule has 9 nitrogen and oxygen atoms in total. The smallest absolute Gasteiger partial charge is 0.303 e. The summed E-state index contributed by atoms with van der Waals surface area (Å²) >= 11 is 1.26. The van der Waals surface area contributed by atoms with E-state index in [1.165, 1.54) is 34.1 Å². The second-order valence-electron chi connectivity index (χ2n) is 6.15. The van der Waals surface area contributed by atoms with Crippen molar-refractivity contribution in [3.05, 3.63) is 35.5 Å². The molecule has 1 aromatic heterocycles. The summed E-state index contributed by atoms with van der Waals surface area (Å²) in [6.07, 6.45) is 2.55. The number of aromatic nitrogens is 1. The van der Waals surface area contributed by atoms with Gasteiger partial charge in [-0.25, -0.2) is 0 Å². The molecule has 0 aliphatic rings. The summed E-state index contributed by atoms with van der Waals surface area (Å²) in [4.78, 5) is 29.4. The van der Waals surface area contributed by atoms with Gasteiger partial charge in [-0.2, -0.15) is 5.48 Å². The Morgan fingerprint density at radius 2 is 1.89 bits per heavy atom. The highest BCUT2D eigenvalue weighted by molar-refractivity contribution is 7.93. The zero-order chi connectivity index (χ0) is 20.9. The van der Waals surface area contributed by atoms with Crippen LogP contribution in [0, 0.1) is 0 Å². The van der Waals surface area contributed by atoms with Gasteiger partial charge in [-0.3, -0.25) is 9.59 Å². The van der Waals surface area contributed by atoms with E-state index < -0.39 is 11.9 Å². The SMILES string of the molecule is CNOOSCc1ccc2[nH]cc(CCN(C)C)c2c1.O=C(O)CCC(=O)O. The molecule has 1 heterocycles. The molecule has 0 bridgehead atoms. The molecule has 2 rings (SSSR count). The molecule has 10 heteroatoms. The fourth-order valence-electron chi connectivity index (χ4n) is 2.23. The summed E-state index contributed by atoms with van der Waals surface area (Å²) in [7, 11) is 5.84. The van der Waals surface area contributed by atoms with Gasteiger partial charge in [-0.05, 0) is 43.8 Å². The van der Waals surface area contributed by atoms with E-state index >= 15 is 0 Å². The number of benzene rings is 1. The van der Waals surface area contributed by atoms with E-state index in [4.69, 9.17) is 14.5 Å². The van der Waals surface area contributed by atoms with Crippen LogP contribution in [0.15, 0.2) is 24.4 Å². The predicted octanol–water partition coefficient (Wildman–Crippen LogP) is 2.44. The lowest BCUT2D eigenvalue weighted by molar-refractivity contribution is -0.238. The Labute approximate surface area is 168 Å². The minimum atomic E-state index is -1.08. The highest BCUT2D eigenvalue weighted by Gasteiger charge is 2.06. The molecule has 0 spiro atoms. The van der Waals surface area contributed by atoms with Gasteiger partial charge in [0, 0.05) is 48.5 Å². The van der Waals surface area contributed by atoms with Gasteiger partial charge in [0.25, 0.3) is 0 Å². The van der Waals surface area contributed by atoms with E-state index in [9.17, 15) is 9.59 Å². The van der Waals surface area contributed by atoms with Gasteiger partial charge < -0.3 is 20.1 Å². The zero-order valence-corrected chi connectivity index (χ0v) is 17.0. The largest absolute Gasteiger partial charge is 0.481 e. The highest BCUT2D eigenvalue weighted by atomic mass is 32.2. The average Bonchev–Trinajstić information content (AvgIpc) is 3.05. The van der Waals surface area contributed by atoms with Gasteiger partial charge in [0.2, 0.25) is 0 Å². The van der Waals surface area contributed by atoms with Gasteiger partial charge in [0.1, 0.15) is 0 Å². The molecule has 0 aliphatic heterocycles. The quantitative estimate of drug-likeness (QED) is 0.190. The Morgan fingerprint density at radius 3 is 2.46 bits per heavy atom. The number of aromatic amines is 1. The van der Waals surface area contributed by atoms with Crippen LogP contribution >= 0.6 is 12.0 Å². The number of rotatable bonds is 11. The number of aliphatic carboxylic acids is 2. The molecule has 0 atom stereocenters. The van der Waals surface area contributed by atoms with Gasteiger partial charge in [-0.1, -0.05) is 6.07 Å². The van der Waals surface area contributed by atoms with Crippen molar-refractivity contribution in [3.8, 4) is 0 Å². The summed E-state index contributed by atoms with van der Waals surface area (Å²) in [6, 6.07) is 6.43. The van der Waals surface area contributed by atoms with E-state index in [0.717, 1.165) is 18.7 Å². The van der Waals surface area contributed by atoms with Crippen LogP contribution in [-0.4, -0.2) is 59.7 Å². The third-order valence-corrected chi connectivity index (χ3v) is 4.22. The molecular weight excluding hydrogens is 386 g/mol. The molecule has 0 saturated heterocycles. The molecule has 28 heavy (non-hydrogen) atoms. The Kier molecular flexibility index (Phi) is 11.2. The molecule has 0 unspecified atom stereocenters. The minimum Gasteiger partial charge on any atom is -0.481 e. The second-order valence-corrected chi connectivity index (χ2v) is 6.81. The maximum atomic E-state index is 9.64. The lowest BCUT2D eigenvalue weighted by Crippen LogP contribution is -2.14. The average molecular weight is 413 g/mol. The molecule has 0 radical (unpaired) electrons. The number of hydroxylamine groups is 1. The first kappa shape index (κ1) is 23.9. The fourth-order valence-corrected chi connectivity index (χ4v) is 2.71. The number of H-pyrrole nitrogens is 1. The topological polar surface area (TPSA) is 124 Å². The normalized spacial score (nSPS) is 10.7. The molecule has 2 aromatic rings. The molecular formula is C18H27N3O6S. The molecule has 0 fully saturated rings. The van der Waals surface area contributed by atoms with Crippen molar-refractivity contribution in [3.63, 3.8) is 0 Å². The number of carboxylic acid groups (broad SMARTS) is 2. The first-order chi connectivity index (χ1) is 13.3. The van der Waals surface area contributed by atoms with Crippen molar-refractivity contribution in [1.29, 1.82) is 0 Å². The summed E-state index contributed by atoms with van der Waals surface area (Å²) in [5.41, 5.74) is 6.21. The maximum Gasteiger partial charge on any atom is 0.303 e. The van der Waals surface area contributed by atoms with E-state index in [-0.39, 0.29) is 12.8 Å². The molecule has 1 aromatic carbocycles. The van der Waals surface area contributed by atoms with E-state index in [2.05, 4.69) is 58.8 Å². The van der Waals surface area contributed by atoms with Gasteiger partial charge >= 0.3 is 11.9 Å². The van der Waals surface area contributed by atoms with Gasteiger partial charge in [0.15, 0.2) is 0 Å². The number of likely N-dealkylation sites (N-methyl/N-ethyl adjacent to an activating group) is 1. The Bertz CT molecular complexity index is 736. The van der Waals surface area contributed by atoms with Crippen LogP contribution < -0.4 is 5.48 Å². The number of nitrogens with zero attached hydrogens (tertiary/aromatic N) is 1. The molecule has 0 amide bonds. The number of carboxylic acids is 2. The number of nitrogens with one attached hydrogen (secondary N) is 2. The summed E-state index contributed by atoms with van der Waals surface area (Å²) < 4.78 is 4.88. The Hall–Kier alpha value is -2.11. The lowest BCUT2D eigenvalue weighted by atomic mass is 10.1. The molecule has 156 valence electrons. The molecule has 0 aliphatic carbocycles.